The van der Waals surface area contributed by atoms with Crippen molar-refractivity contribution >= 4 is 41.1 Å². The number of nitrogens with zero attached hydrogens (tertiary/aromatic N) is 2. The summed E-state index contributed by atoms with van der Waals surface area (Å²) in [7, 11) is 0. The van der Waals surface area contributed by atoms with Crippen LogP contribution in [0.15, 0.2) is 58.5 Å². The van der Waals surface area contributed by atoms with Crippen LogP contribution >= 0.6 is 0 Å². The van der Waals surface area contributed by atoms with Crippen molar-refractivity contribution in [1.29, 1.82) is 0 Å². The topological polar surface area (TPSA) is 147 Å². The Bertz CT molecular complexity index is 1080. The zero-order valence-electron chi connectivity index (χ0n) is 17.7. The van der Waals surface area contributed by atoms with Crippen LogP contribution in [0.2, 0.25) is 0 Å². The summed E-state index contributed by atoms with van der Waals surface area (Å²) in [6.45, 7) is 3.95. The van der Waals surface area contributed by atoms with Crippen LogP contribution in [0.3, 0.4) is 0 Å². The summed E-state index contributed by atoms with van der Waals surface area (Å²) < 4.78 is 4.92. The fourth-order valence-electron chi connectivity index (χ4n) is 2.93. The van der Waals surface area contributed by atoms with Gasteiger partial charge in [0.1, 0.15) is 6.04 Å². The maximum atomic E-state index is 12.3. The Morgan fingerprint density at radius 3 is 2.59 bits per heavy atom. The van der Waals surface area contributed by atoms with Crippen molar-refractivity contribution in [1.82, 2.24) is 5.32 Å². The lowest BCUT2D eigenvalue weighted by atomic mass is 10.2. The van der Waals surface area contributed by atoms with E-state index in [1.165, 1.54) is 0 Å². The summed E-state index contributed by atoms with van der Waals surface area (Å²) in [5.74, 6) is -1.20. The van der Waals surface area contributed by atoms with E-state index in [0.717, 1.165) is 11.3 Å². The van der Waals surface area contributed by atoms with Crippen LogP contribution in [0, 0.1) is 6.92 Å². The third-order valence-electron chi connectivity index (χ3n) is 4.39. The van der Waals surface area contributed by atoms with Crippen molar-refractivity contribution < 1.29 is 19.1 Å². The minimum absolute atomic E-state index is 0.0317. The van der Waals surface area contributed by atoms with E-state index in [0.29, 0.717) is 11.3 Å². The van der Waals surface area contributed by atoms with E-state index >= 15 is 0 Å². The maximum absolute atomic E-state index is 12.3. The van der Waals surface area contributed by atoms with Crippen LogP contribution in [0.4, 0.5) is 11.4 Å². The van der Waals surface area contributed by atoms with E-state index in [1.54, 1.807) is 31.2 Å². The molecule has 1 aliphatic heterocycles. The lowest BCUT2D eigenvalue weighted by Gasteiger charge is -2.08. The average molecular weight is 436 g/mol. The summed E-state index contributed by atoms with van der Waals surface area (Å²) >= 11 is 0. The molecule has 0 spiro atoms. The van der Waals surface area contributed by atoms with Crippen molar-refractivity contribution in [3.8, 4) is 0 Å². The Hall–Kier alpha value is -4.21. The number of nitrogens with one attached hydrogen (secondary N) is 3. The third-order valence-corrected chi connectivity index (χ3v) is 4.39. The van der Waals surface area contributed by atoms with Gasteiger partial charge in [0.2, 0.25) is 17.8 Å². The Morgan fingerprint density at radius 2 is 1.91 bits per heavy atom. The first-order valence-corrected chi connectivity index (χ1v) is 9.97. The molecular weight excluding hydrogens is 412 g/mol. The van der Waals surface area contributed by atoms with Crippen LogP contribution < -0.4 is 21.7 Å². The smallest absolute Gasteiger partial charge is 0.338 e. The standard InChI is InChI=1S/C22H24N6O4/c1-3-32-20(31)14-7-9-15(10-8-14)24-18(29)12-17-19(30)27-22(26-17)28-21(23)25-16-6-4-5-13(2)11-16/h4-11,17H,3,12H2,1-2H3,(H,24,29)(H4,23,25,26,27,28,30). The molecule has 0 fully saturated rings. The summed E-state index contributed by atoms with van der Waals surface area (Å²) in [6, 6.07) is 12.9. The second-order valence-electron chi connectivity index (χ2n) is 7.00. The molecule has 10 nitrogen and oxygen atoms in total. The lowest BCUT2D eigenvalue weighted by Crippen LogP contribution is -2.32. The summed E-state index contributed by atoms with van der Waals surface area (Å²) in [6.07, 6.45) is -0.171. The van der Waals surface area contributed by atoms with Gasteiger partial charge in [-0.1, -0.05) is 12.1 Å². The molecule has 10 heteroatoms. The monoisotopic (exact) mass is 436 g/mol. The van der Waals surface area contributed by atoms with Crippen molar-refractivity contribution in [3.63, 3.8) is 0 Å². The minimum atomic E-state index is -0.917. The molecule has 5 N–H and O–H groups in total. The Kier molecular flexibility index (Phi) is 7.17. The first kappa shape index (κ1) is 22.5. The first-order valence-electron chi connectivity index (χ1n) is 9.97. The first-order chi connectivity index (χ1) is 15.3. The molecule has 1 heterocycles. The number of rotatable bonds is 6. The van der Waals surface area contributed by atoms with E-state index in [4.69, 9.17) is 10.5 Å². The van der Waals surface area contributed by atoms with Gasteiger partial charge in [0.25, 0.3) is 5.91 Å². The highest BCUT2D eigenvalue weighted by Crippen LogP contribution is 2.13. The van der Waals surface area contributed by atoms with Crippen molar-refractivity contribution in [2.24, 2.45) is 15.7 Å². The van der Waals surface area contributed by atoms with Crippen LogP contribution in [-0.2, 0) is 14.3 Å². The predicted octanol–water partition coefficient (Wildman–Crippen LogP) is 1.78. The van der Waals surface area contributed by atoms with Gasteiger partial charge in [0, 0.05) is 11.4 Å². The quantitative estimate of drug-likeness (QED) is 0.308. The van der Waals surface area contributed by atoms with Crippen LogP contribution in [-0.4, -0.2) is 42.4 Å². The van der Waals surface area contributed by atoms with Gasteiger partial charge >= 0.3 is 5.97 Å². The van der Waals surface area contributed by atoms with Crippen molar-refractivity contribution in [3.05, 3.63) is 59.7 Å². The summed E-state index contributed by atoms with van der Waals surface area (Å²) in [5.41, 5.74) is 8.54. The molecular formula is C22H24N6O4. The van der Waals surface area contributed by atoms with Crippen LogP contribution in [0.25, 0.3) is 0 Å². The normalized spacial score (nSPS) is 15.6. The van der Waals surface area contributed by atoms with Gasteiger partial charge in [-0.25, -0.2) is 9.79 Å². The molecule has 0 bridgehead atoms. The fourth-order valence-corrected chi connectivity index (χ4v) is 2.93. The molecule has 0 radical (unpaired) electrons. The maximum Gasteiger partial charge on any atom is 0.338 e. The van der Waals surface area contributed by atoms with Gasteiger partial charge in [-0.2, -0.15) is 4.99 Å². The number of carbonyl (C=O) groups is 3. The number of hydrogen-bond acceptors (Lipinski definition) is 6. The number of ether oxygens (including phenoxy) is 1. The number of esters is 1. The number of nitrogens with two attached hydrogens (primary N) is 1. The molecule has 0 aliphatic carbocycles. The minimum Gasteiger partial charge on any atom is -0.462 e. The number of carbonyl (C=O) groups excluding carboxylic acids is 3. The molecule has 0 aromatic heterocycles. The van der Waals surface area contributed by atoms with Gasteiger partial charge in [-0.15, -0.1) is 0 Å². The highest BCUT2D eigenvalue weighted by Gasteiger charge is 2.28. The number of guanidine groups is 2. The van der Waals surface area contributed by atoms with Gasteiger partial charge in [0.15, 0.2) is 0 Å². The van der Waals surface area contributed by atoms with E-state index in [9.17, 15) is 14.4 Å². The van der Waals surface area contributed by atoms with Crippen molar-refractivity contribution in [2.45, 2.75) is 26.3 Å². The van der Waals surface area contributed by atoms with E-state index in [1.807, 2.05) is 31.2 Å². The number of aryl methyl sites for hydroxylation is 1. The number of anilines is 2. The number of amides is 2. The highest BCUT2D eigenvalue weighted by atomic mass is 16.5. The highest BCUT2D eigenvalue weighted by molar-refractivity contribution is 6.11. The fraction of sp³-hybridized carbons (Fsp3) is 0.227. The molecule has 3 rings (SSSR count). The second kappa shape index (κ2) is 10.2. The molecule has 1 unspecified atom stereocenters. The second-order valence-corrected chi connectivity index (χ2v) is 7.00. The number of benzene rings is 2. The Labute approximate surface area is 185 Å². The molecule has 2 aromatic carbocycles. The Balaban J connectivity index is 1.57. The predicted molar refractivity (Wildman–Crippen MR) is 121 cm³/mol. The number of hydrogen-bond donors (Lipinski definition) is 4. The Morgan fingerprint density at radius 1 is 1.16 bits per heavy atom. The molecule has 2 amide bonds. The molecule has 0 saturated carbocycles. The number of aliphatic imine (C=N–C) groups is 2. The van der Waals surface area contributed by atoms with E-state index in [-0.39, 0.29) is 24.9 Å². The van der Waals surface area contributed by atoms with E-state index < -0.39 is 23.8 Å². The summed E-state index contributed by atoms with van der Waals surface area (Å²) in [4.78, 5) is 44.3. The van der Waals surface area contributed by atoms with Gasteiger partial charge in [-0.05, 0) is 55.8 Å². The zero-order chi connectivity index (χ0) is 23.1. The molecule has 1 aliphatic rings. The van der Waals surface area contributed by atoms with Gasteiger partial charge in [0.05, 0.1) is 18.6 Å². The van der Waals surface area contributed by atoms with Crippen molar-refractivity contribution in [2.75, 3.05) is 17.2 Å². The molecule has 1 atom stereocenters. The SMILES string of the molecule is CCOC(=O)c1ccc(NC(=O)CC2N=C(/N=C(\N)Nc3cccc(C)c3)NC2=O)cc1. The summed E-state index contributed by atoms with van der Waals surface area (Å²) in [5, 5.41) is 8.09. The van der Waals surface area contributed by atoms with Crippen LogP contribution in [0.1, 0.15) is 29.3 Å². The third kappa shape index (κ3) is 6.14. The molecule has 32 heavy (non-hydrogen) atoms. The molecule has 0 saturated heterocycles. The lowest BCUT2D eigenvalue weighted by molar-refractivity contribution is -0.123. The largest absolute Gasteiger partial charge is 0.462 e. The zero-order valence-corrected chi connectivity index (χ0v) is 17.7. The van der Waals surface area contributed by atoms with Crippen LogP contribution in [0.5, 0.6) is 0 Å². The molecule has 166 valence electrons. The average Bonchev–Trinajstić information content (AvgIpc) is 3.06. The van der Waals surface area contributed by atoms with Gasteiger partial charge < -0.3 is 21.1 Å². The molecule has 2 aromatic rings. The van der Waals surface area contributed by atoms with Gasteiger partial charge in [-0.3, -0.25) is 14.9 Å². The van der Waals surface area contributed by atoms with E-state index in [2.05, 4.69) is 25.9 Å².